The Balaban J connectivity index is 1.51. The summed E-state index contributed by atoms with van der Waals surface area (Å²) in [7, 11) is 1.46. The van der Waals surface area contributed by atoms with E-state index in [2.05, 4.69) is 29.7 Å². The van der Waals surface area contributed by atoms with E-state index in [0.717, 1.165) is 6.42 Å². The standard InChI is InChI=1S/C22H26FN3O2/c1-22(15-6-4-3-5-7-15)12-18(22)21(28)26-13-16(24)10-14-8-9-17(19(23)11-14)20(27)25-2/h3-9,11,16,18H,10,12-13,24H2,1-2H3,(H,25,27)(H,26,28)/t16-,18-,22-/m0/s1. The summed E-state index contributed by atoms with van der Waals surface area (Å²) in [5.74, 6) is -1.09. The molecule has 1 fully saturated rings. The number of amides is 2. The number of halogens is 1. The number of carbonyl (C=O) groups excluding carboxylic acids is 2. The predicted octanol–water partition coefficient (Wildman–Crippen LogP) is 2.15. The van der Waals surface area contributed by atoms with Crippen LogP contribution in [0.1, 0.15) is 34.8 Å². The molecule has 6 heteroatoms. The third-order valence-electron chi connectivity index (χ3n) is 5.53. The van der Waals surface area contributed by atoms with Gasteiger partial charge in [-0.05, 0) is 36.1 Å². The van der Waals surface area contributed by atoms with Gasteiger partial charge >= 0.3 is 0 Å². The van der Waals surface area contributed by atoms with Crippen LogP contribution in [-0.2, 0) is 16.6 Å². The molecular formula is C22H26FN3O2. The van der Waals surface area contributed by atoms with E-state index < -0.39 is 11.7 Å². The van der Waals surface area contributed by atoms with Crippen LogP contribution in [0.4, 0.5) is 4.39 Å². The zero-order valence-electron chi connectivity index (χ0n) is 16.2. The summed E-state index contributed by atoms with van der Waals surface area (Å²) in [6.45, 7) is 2.42. The van der Waals surface area contributed by atoms with Gasteiger partial charge in [-0.3, -0.25) is 9.59 Å². The molecule has 2 amide bonds. The SMILES string of the molecule is CNC(=O)c1ccc(C[C@H](N)CNC(=O)[C@@H]2C[C@@]2(C)c2ccccc2)cc1F. The third kappa shape index (κ3) is 4.22. The molecule has 28 heavy (non-hydrogen) atoms. The summed E-state index contributed by atoms with van der Waals surface area (Å²) in [4.78, 5) is 24.0. The van der Waals surface area contributed by atoms with Gasteiger partial charge in [-0.2, -0.15) is 0 Å². The molecule has 0 heterocycles. The number of rotatable bonds is 7. The van der Waals surface area contributed by atoms with Gasteiger partial charge in [-0.1, -0.05) is 43.3 Å². The third-order valence-corrected chi connectivity index (χ3v) is 5.53. The van der Waals surface area contributed by atoms with Crippen LogP contribution in [0.5, 0.6) is 0 Å². The molecule has 1 aliphatic carbocycles. The Morgan fingerprint density at radius 1 is 1.25 bits per heavy atom. The van der Waals surface area contributed by atoms with Gasteiger partial charge < -0.3 is 16.4 Å². The maximum absolute atomic E-state index is 14.0. The molecule has 5 nitrogen and oxygen atoms in total. The van der Waals surface area contributed by atoms with E-state index in [-0.39, 0.29) is 28.8 Å². The largest absolute Gasteiger partial charge is 0.355 e. The summed E-state index contributed by atoms with van der Waals surface area (Å²) in [5.41, 5.74) is 7.86. The lowest BCUT2D eigenvalue weighted by Crippen LogP contribution is -2.40. The van der Waals surface area contributed by atoms with E-state index in [1.807, 2.05) is 18.2 Å². The minimum atomic E-state index is -0.579. The first kappa shape index (κ1) is 20.0. The highest BCUT2D eigenvalue weighted by atomic mass is 19.1. The lowest BCUT2D eigenvalue weighted by Gasteiger charge is -2.15. The minimum absolute atomic E-state index is 0.00190. The summed E-state index contributed by atoms with van der Waals surface area (Å²) in [5, 5.41) is 5.32. The van der Waals surface area contributed by atoms with Gasteiger partial charge in [-0.25, -0.2) is 4.39 Å². The van der Waals surface area contributed by atoms with Crippen LogP contribution < -0.4 is 16.4 Å². The molecular weight excluding hydrogens is 357 g/mol. The van der Waals surface area contributed by atoms with Crippen molar-refractivity contribution in [2.45, 2.75) is 31.2 Å². The first-order valence-electron chi connectivity index (χ1n) is 9.44. The number of hydrogen-bond donors (Lipinski definition) is 3. The highest BCUT2D eigenvalue weighted by molar-refractivity contribution is 5.94. The van der Waals surface area contributed by atoms with Crippen molar-refractivity contribution in [2.75, 3.05) is 13.6 Å². The molecule has 0 aliphatic heterocycles. The summed E-state index contributed by atoms with van der Waals surface area (Å²) in [6.07, 6.45) is 1.23. The minimum Gasteiger partial charge on any atom is -0.355 e. The van der Waals surface area contributed by atoms with Gasteiger partial charge in [0.05, 0.1) is 5.56 Å². The predicted molar refractivity (Wildman–Crippen MR) is 106 cm³/mol. The van der Waals surface area contributed by atoms with Gasteiger partial charge in [0.2, 0.25) is 5.91 Å². The average Bonchev–Trinajstić information content (AvgIpc) is 3.39. The van der Waals surface area contributed by atoms with E-state index in [1.54, 1.807) is 6.07 Å². The van der Waals surface area contributed by atoms with Crippen molar-refractivity contribution >= 4 is 11.8 Å². The lowest BCUT2D eigenvalue weighted by molar-refractivity contribution is -0.122. The summed E-state index contributed by atoms with van der Waals surface area (Å²) < 4.78 is 14.0. The van der Waals surface area contributed by atoms with E-state index in [1.165, 1.54) is 24.7 Å². The van der Waals surface area contributed by atoms with Crippen molar-refractivity contribution in [3.63, 3.8) is 0 Å². The van der Waals surface area contributed by atoms with Gasteiger partial charge in [0, 0.05) is 31.0 Å². The molecule has 4 N–H and O–H groups in total. The molecule has 1 aliphatic rings. The Bertz CT molecular complexity index is 871. The molecule has 148 valence electrons. The van der Waals surface area contributed by atoms with Gasteiger partial charge in [-0.15, -0.1) is 0 Å². The van der Waals surface area contributed by atoms with Crippen molar-refractivity contribution in [1.82, 2.24) is 10.6 Å². The van der Waals surface area contributed by atoms with Crippen LogP contribution in [0.25, 0.3) is 0 Å². The first-order valence-corrected chi connectivity index (χ1v) is 9.44. The fourth-order valence-corrected chi connectivity index (χ4v) is 3.62. The van der Waals surface area contributed by atoms with Gasteiger partial charge in [0.25, 0.3) is 5.91 Å². The van der Waals surface area contributed by atoms with Crippen LogP contribution in [0.3, 0.4) is 0 Å². The maximum Gasteiger partial charge on any atom is 0.253 e. The Morgan fingerprint density at radius 3 is 2.61 bits per heavy atom. The van der Waals surface area contributed by atoms with Crippen LogP contribution >= 0.6 is 0 Å². The van der Waals surface area contributed by atoms with E-state index in [9.17, 15) is 14.0 Å². The molecule has 0 spiro atoms. The number of nitrogens with one attached hydrogen (secondary N) is 2. The van der Waals surface area contributed by atoms with Crippen molar-refractivity contribution in [2.24, 2.45) is 11.7 Å². The molecule has 0 saturated heterocycles. The molecule has 0 bridgehead atoms. The second kappa shape index (κ2) is 8.10. The van der Waals surface area contributed by atoms with Crippen molar-refractivity contribution in [1.29, 1.82) is 0 Å². The number of hydrogen-bond acceptors (Lipinski definition) is 3. The molecule has 2 aromatic rings. The van der Waals surface area contributed by atoms with Crippen molar-refractivity contribution in [3.8, 4) is 0 Å². The van der Waals surface area contributed by atoms with Gasteiger partial charge in [0.1, 0.15) is 5.82 Å². The smallest absolute Gasteiger partial charge is 0.253 e. The summed E-state index contributed by atoms with van der Waals surface area (Å²) in [6, 6.07) is 14.2. The molecule has 0 aromatic heterocycles. The molecule has 2 aromatic carbocycles. The van der Waals surface area contributed by atoms with Crippen LogP contribution in [0.15, 0.2) is 48.5 Å². The van der Waals surface area contributed by atoms with Crippen LogP contribution in [-0.4, -0.2) is 31.4 Å². The van der Waals surface area contributed by atoms with E-state index in [4.69, 9.17) is 5.73 Å². The van der Waals surface area contributed by atoms with E-state index in [0.29, 0.717) is 18.5 Å². The average molecular weight is 383 g/mol. The first-order chi connectivity index (χ1) is 13.3. The van der Waals surface area contributed by atoms with Gasteiger partial charge in [0.15, 0.2) is 0 Å². The fraction of sp³-hybridized carbons (Fsp3) is 0.364. The highest BCUT2D eigenvalue weighted by Crippen LogP contribution is 2.53. The number of benzene rings is 2. The Hall–Kier alpha value is -2.73. The second-order valence-electron chi connectivity index (χ2n) is 7.64. The highest BCUT2D eigenvalue weighted by Gasteiger charge is 2.55. The molecule has 3 rings (SSSR count). The monoisotopic (exact) mass is 383 g/mol. The van der Waals surface area contributed by atoms with Crippen LogP contribution in [0.2, 0.25) is 0 Å². The number of nitrogens with two attached hydrogens (primary N) is 1. The molecule has 3 atom stereocenters. The molecule has 0 radical (unpaired) electrons. The summed E-state index contributed by atoms with van der Waals surface area (Å²) >= 11 is 0. The Kier molecular flexibility index (Phi) is 5.79. The second-order valence-corrected chi connectivity index (χ2v) is 7.64. The van der Waals surface area contributed by atoms with E-state index >= 15 is 0 Å². The van der Waals surface area contributed by atoms with Crippen molar-refractivity contribution in [3.05, 3.63) is 71.0 Å². The number of carbonyl (C=O) groups is 2. The normalized spacial score (nSPS) is 21.6. The quantitative estimate of drug-likeness (QED) is 0.685. The van der Waals surface area contributed by atoms with Crippen molar-refractivity contribution < 1.29 is 14.0 Å². The maximum atomic E-state index is 14.0. The molecule has 1 saturated carbocycles. The molecule has 0 unspecified atom stereocenters. The zero-order valence-corrected chi connectivity index (χ0v) is 16.2. The fourth-order valence-electron chi connectivity index (χ4n) is 3.62. The Morgan fingerprint density at radius 2 is 1.96 bits per heavy atom. The van der Waals surface area contributed by atoms with Crippen LogP contribution in [0, 0.1) is 11.7 Å². The Labute approximate surface area is 164 Å². The zero-order chi connectivity index (χ0) is 20.3. The topological polar surface area (TPSA) is 84.2 Å². The lowest BCUT2D eigenvalue weighted by atomic mass is 9.95.